The van der Waals surface area contributed by atoms with Crippen LogP contribution >= 0.6 is 0 Å². The Morgan fingerprint density at radius 2 is 2.00 bits per heavy atom. The molecule has 2 heterocycles. The quantitative estimate of drug-likeness (QED) is 0.435. The number of carbonyl (C=O) groups excluding carboxylic acids is 2. The number of pyridine rings is 1. The number of carbonyl (C=O) groups is 2. The van der Waals surface area contributed by atoms with Crippen molar-refractivity contribution in [2.75, 3.05) is 6.54 Å². The molecule has 0 bridgehead atoms. The molecule has 194 valence electrons. The maximum Gasteiger partial charge on any atom is 0.261 e. The summed E-state index contributed by atoms with van der Waals surface area (Å²) in [5.74, 6) is 0.250. The van der Waals surface area contributed by atoms with E-state index >= 15 is 0 Å². The number of nitrogens with one attached hydrogen (secondary N) is 1. The molecule has 2 atom stereocenters. The lowest BCUT2D eigenvalue weighted by atomic mass is 9.87. The Balaban J connectivity index is 1.59. The van der Waals surface area contributed by atoms with Crippen LogP contribution in [0.25, 0.3) is 0 Å². The van der Waals surface area contributed by atoms with Crippen LogP contribution in [0.3, 0.4) is 0 Å². The van der Waals surface area contributed by atoms with Gasteiger partial charge in [0.2, 0.25) is 5.91 Å². The summed E-state index contributed by atoms with van der Waals surface area (Å²) in [6.07, 6.45) is 4.34. The third-order valence-electron chi connectivity index (χ3n) is 6.54. The third-order valence-corrected chi connectivity index (χ3v) is 6.54. The summed E-state index contributed by atoms with van der Waals surface area (Å²) in [5, 5.41) is 2.92. The van der Waals surface area contributed by atoms with Crippen LogP contribution in [0.4, 0.5) is 4.39 Å². The molecular formula is C30H34FN3O3. The fourth-order valence-electron chi connectivity index (χ4n) is 4.73. The van der Waals surface area contributed by atoms with Gasteiger partial charge in [-0.1, -0.05) is 45.0 Å². The van der Waals surface area contributed by atoms with Gasteiger partial charge >= 0.3 is 0 Å². The zero-order valence-electron chi connectivity index (χ0n) is 21.6. The number of amides is 2. The molecule has 1 aliphatic rings. The van der Waals surface area contributed by atoms with Crippen molar-refractivity contribution in [1.29, 1.82) is 0 Å². The van der Waals surface area contributed by atoms with Crippen LogP contribution in [-0.2, 0) is 22.6 Å². The minimum atomic E-state index is -0.676. The molecule has 0 unspecified atom stereocenters. The monoisotopic (exact) mass is 503 g/mol. The molecule has 1 aromatic heterocycles. The number of ether oxygens (including phenoxy) is 1. The Labute approximate surface area is 217 Å². The summed E-state index contributed by atoms with van der Waals surface area (Å²) >= 11 is 0. The van der Waals surface area contributed by atoms with Gasteiger partial charge in [-0.2, -0.15) is 0 Å². The van der Waals surface area contributed by atoms with Gasteiger partial charge in [0.25, 0.3) is 5.91 Å². The van der Waals surface area contributed by atoms with E-state index < -0.39 is 12.1 Å². The molecule has 0 radical (unpaired) electrons. The molecule has 0 fully saturated rings. The van der Waals surface area contributed by atoms with E-state index in [0.717, 1.165) is 22.3 Å². The molecular weight excluding hydrogens is 469 g/mol. The lowest BCUT2D eigenvalue weighted by Crippen LogP contribution is -2.41. The smallest absolute Gasteiger partial charge is 0.261 e. The second-order valence-electron chi connectivity index (χ2n) is 9.85. The third kappa shape index (κ3) is 6.53. The first-order valence-corrected chi connectivity index (χ1v) is 12.9. The highest BCUT2D eigenvalue weighted by Crippen LogP contribution is 2.38. The summed E-state index contributed by atoms with van der Waals surface area (Å²) in [6.45, 7) is 6.86. The van der Waals surface area contributed by atoms with E-state index in [1.165, 1.54) is 12.1 Å². The normalized spacial score (nSPS) is 15.7. The number of nitrogens with zero attached hydrogens (tertiary/aromatic N) is 2. The van der Waals surface area contributed by atoms with Crippen molar-refractivity contribution in [3.05, 3.63) is 95.1 Å². The predicted molar refractivity (Wildman–Crippen MR) is 140 cm³/mol. The van der Waals surface area contributed by atoms with E-state index in [4.69, 9.17) is 4.74 Å². The van der Waals surface area contributed by atoms with Crippen LogP contribution in [0.2, 0.25) is 0 Å². The number of halogens is 1. The Kier molecular flexibility index (Phi) is 8.54. The molecule has 0 saturated carbocycles. The number of benzene rings is 2. The summed E-state index contributed by atoms with van der Waals surface area (Å²) in [7, 11) is 0. The topological polar surface area (TPSA) is 71.5 Å². The minimum absolute atomic E-state index is 0.0439. The fraction of sp³-hybridized carbons (Fsp3) is 0.367. The van der Waals surface area contributed by atoms with Crippen molar-refractivity contribution in [1.82, 2.24) is 15.2 Å². The number of hydrogen-bond acceptors (Lipinski definition) is 4. The predicted octanol–water partition coefficient (Wildman–Crippen LogP) is 5.21. The Morgan fingerprint density at radius 1 is 1.16 bits per heavy atom. The summed E-state index contributed by atoms with van der Waals surface area (Å²) < 4.78 is 20.4. The highest BCUT2D eigenvalue weighted by atomic mass is 19.1. The van der Waals surface area contributed by atoms with Gasteiger partial charge in [-0.25, -0.2) is 4.39 Å². The number of aromatic nitrogens is 1. The van der Waals surface area contributed by atoms with E-state index in [9.17, 15) is 14.0 Å². The van der Waals surface area contributed by atoms with Crippen LogP contribution in [0.15, 0.2) is 67.0 Å². The molecule has 3 aromatic rings. The lowest BCUT2D eigenvalue weighted by Gasteiger charge is -2.38. The molecule has 4 rings (SSSR count). The van der Waals surface area contributed by atoms with Crippen LogP contribution < -0.4 is 10.1 Å². The molecule has 0 aliphatic carbocycles. The van der Waals surface area contributed by atoms with E-state index in [1.807, 2.05) is 62.1 Å². The van der Waals surface area contributed by atoms with E-state index in [-0.39, 0.29) is 23.5 Å². The van der Waals surface area contributed by atoms with Crippen molar-refractivity contribution in [2.45, 2.75) is 58.7 Å². The second-order valence-corrected chi connectivity index (χ2v) is 9.85. The molecule has 1 aliphatic heterocycles. The van der Waals surface area contributed by atoms with Gasteiger partial charge < -0.3 is 15.0 Å². The molecule has 0 saturated heterocycles. The zero-order valence-corrected chi connectivity index (χ0v) is 21.6. The van der Waals surface area contributed by atoms with E-state index in [1.54, 1.807) is 18.5 Å². The average Bonchev–Trinajstić information content (AvgIpc) is 2.89. The summed E-state index contributed by atoms with van der Waals surface area (Å²) in [6, 6.07) is 15.5. The van der Waals surface area contributed by atoms with E-state index in [0.29, 0.717) is 38.1 Å². The van der Waals surface area contributed by atoms with Crippen molar-refractivity contribution >= 4 is 11.8 Å². The molecule has 1 N–H and O–H groups in total. The molecule has 37 heavy (non-hydrogen) atoms. The summed E-state index contributed by atoms with van der Waals surface area (Å²) in [4.78, 5) is 32.0. The highest BCUT2D eigenvalue weighted by Gasteiger charge is 2.33. The van der Waals surface area contributed by atoms with Gasteiger partial charge in [-0.05, 0) is 71.3 Å². The van der Waals surface area contributed by atoms with Gasteiger partial charge in [-0.15, -0.1) is 0 Å². The Bertz CT molecular complexity index is 1230. The first-order valence-electron chi connectivity index (χ1n) is 12.9. The maximum atomic E-state index is 14.2. The largest absolute Gasteiger partial charge is 0.481 e. The molecule has 7 heteroatoms. The Hall–Kier alpha value is -3.74. The standard InChI is InChI=1S/C30H34FN3O3/c1-4-27(30(36)33-19-21-7-6-13-32-18-21)37-25-11-10-22-12-14-34(28(35)15-20(2)3)29(26(22)17-25)23-8-5-9-24(31)16-23/h5-11,13,16-18,20,27,29H,4,12,14-15,19H2,1-3H3,(H,33,36)/t27-,29-/m1/s1. The van der Waals surface area contributed by atoms with Crippen molar-refractivity contribution in [3.63, 3.8) is 0 Å². The Morgan fingerprint density at radius 3 is 2.70 bits per heavy atom. The second kappa shape index (κ2) is 12.0. The van der Waals surface area contributed by atoms with Gasteiger partial charge in [0.15, 0.2) is 6.10 Å². The van der Waals surface area contributed by atoms with Crippen LogP contribution in [0.1, 0.15) is 61.9 Å². The van der Waals surface area contributed by atoms with Gasteiger partial charge in [0.05, 0.1) is 6.04 Å². The average molecular weight is 504 g/mol. The summed E-state index contributed by atoms with van der Waals surface area (Å²) in [5.41, 5.74) is 3.61. The SMILES string of the molecule is CC[C@@H](Oc1ccc2c(c1)[C@@H](c1cccc(F)c1)N(C(=O)CC(C)C)CC2)C(=O)NCc1cccnc1. The number of fused-ring (bicyclic) bond motifs is 1. The van der Waals surface area contributed by atoms with E-state index in [2.05, 4.69) is 10.3 Å². The van der Waals surface area contributed by atoms with Crippen LogP contribution in [0, 0.1) is 11.7 Å². The first kappa shape index (κ1) is 26.3. The first-order chi connectivity index (χ1) is 17.9. The number of hydrogen-bond donors (Lipinski definition) is 1. The maximum absolute atomic E-state index is 14.2. The van der Waals surface area contributed by atoms with Crippen molar-refractivity contribution in [2.24, 2.45) is 5.92 Å². The lowest BCUT2D eigenvalue weighted by molar-refractivity contribution is -0.134. The number of rotatable bonds is 9. The van der Waals surface area contributed by atoms with Crippen molar-refractivity contribution in [3.8, 4) is 5.75 Å². The van der Waals surface area contributed by atoms with Gasteiger partial charge in [0.1, 0.15) is 11.6 Å². The van der Waals surface area contributed by atoms with Crippen LogP contribution in [0.5, 0.6) is 5.75 Å². The fourth-order valence-corrected chi connectivity index (χ4v) is 4.73. The van der Waals surface area contributed by atoms with Gasteiger partial charge in [0, 0.05) is 31.9 Å². The highest BCUT2D eigenvalue weighted by molar-refractivity contribution is 5.81. The van der Waals surface area contributed by atoms with Crippen molar-refractivity contribution < 1.29 is 18.7 Å². The molecule has 6 nitrogen and oxygen atoms in total. The molecule has 0 spiro atoms. The zero-order chi connectivity index (χ0) is 26.4. The molecule has 2 aromatic carbocycles. The minimum Gasteiger partial charge on any atom is -0.481 e. The molecule has 2 amide bonds. The van der Waals surface area contributed by atoms with Gasteiger partial charge in [-0.3, -0.25) is 14.6 Å². The van der Waals surface area contributed by atoms with Crippen LogP contribution in [-0.4, -0.2) is 34.3 Å².